The first-order chi connectivity index (χ1) is 7.36. The van der Waals surface area contributed by atoms with E-state index in [9.17, 15) is 0 Å². The molecule has 1 N–H and O–H groups in total. The number of furan rings is 1. The molecule has 4 nitrogen and oxygen atoms in total. The molecule has 15 heavy (non-hydrogen) atoms. The quantitative estimate of drug-likeness (QED) is 0.796. The summed E-state index contributed by atoms with van der Waals surface area (Å²) in [6.07, 6.45) is 2.72. The van der Waals surface area contributed by atoms with E-state index in [0.717, 1.165) is 24.4 Å². The van der Waals surface area contributed by atoms with Gasteiger partial charge in [0.2, 0.25) is 0 Å². The number of fused-ring (bicyclic) bond motifs is 1. The fraction of sp³-hybridized carbons (Fsp3) is 0.400. The standard InChI is InChI=1S/C10H11N3OS/c1-6-10(15-13-12-6)9-7-3-5-14-8(7)2-4-11-9/h3,5,9,11H,2,4H2,1H3. The first-order valence-electron chi connectivity index (χ1n) is 4.95. The molecule has 3 rings (SSSR count). The van der Waals surface area contributed by atoms with Gasteiger partial charge in [0.15, 0.2) is 0 Å². The Morgan fingerprint density at radius 3 is 3.33 bits per heavy atom. The Balaban J connectivity index is 2.07. The lowest BCUT2D eigenvalue weighted by molar-refractivity contribution is 0.457. The van der Waals surface area contributed by atoms with Gasteiger partial charge in [0.05, 0.1) is 22.9 Å². The van der Waals surface area contributed by atoms with E-state index in [-0.39, 0.29) is 6.04 Å². The van der Waals surface area contributed by atoms with Crippen LogP contribution in [0, 0.1) is 6.92 Å². The second-order valence-electron chi connectivity index (χ2n) is 3.66. The number of rotatable bonds is 1. The van der Waals surface area contributed by atoms with E-state index in [0.29, 0.717) is 0 Å². The second-order valence-corrected chi connectivity index (χ2v) is 4.44. The Hall–Kier alpha value is -1.20. The van der Waals surface area contributed by atoms with Gasteiger partial charge in [-0.1, -0.05) is 4.49 Å². The fourth-order valence-electron chi connectivity index (χ4n) is 1.99. The molecular weight excluding hydrogens is 210 g/mol. The number of aryl methyl sites for hydroxylation is 1. The van der Waals surface area contributed by atoms with E-state index in [1.807, 2.05) is 13.0 Å². The number of hydrogen-bond acceptors (Lipinski definition) is 5. The molecule has 0 aliphatic carbocycles. The largest absolute Gasteiger partial charge is 0.469 e. The van der Waals surface area contributed by atoms with Crippen LogP contribution < -0.4 is 5.32 Å². The van der Waals surface area contributed by atoms with Crippen molar-refractivity contribution in [3.63, 3.8) is 0 Å². The molecule has 0 bridgehead atoms. The predicted octanol–water partition coefficient (Wildman–Crippen LogP) is 1.67. The molecule has 0 radical (unpaired) electrons. The van der Waals surface area contributed by atoms with Gasteiger partial charge < -0.3 is 9.73 Å². The zero-order valence-corrected chi connectivity index (χ0v) is 9.17. The Bertz CT molecular complexity index is 476. The first-order valence-corrected chi connectivity index (χ1v) is 5.72. The van der Waals surface area contributed by atoms with Gasteiger partial charge in [-0.15, -0.1) is 5.10 Å². The minimum absolute atomic E-state index is 0.215. The van der Waals surface area contributed by atoms with E-state index in [2.05, 4.69) is 14.9 Å². The first kappa shape index (κ1) is 9.06. The maximum atomic E-state index is 5.45. The van der Waals surface area contributed by atoms with Gasteiger partial charge in [0.1, 0.15) is 5.76 Å². The third-order valence-corrected chi connectivity index (χ3v) is 3.63. The van der Waals surface area contributed by atoms with E-state index in [1.54, 1.807) is 6.26 Å². The van der Waals surface area contributed by atoms with Crippen molar-refractivity contribution >= 4 is 11.5 Å². The average Bonchev–Trinajstić information content (AvgIpc) is 2.85. The molecular formula is C10H11N3OS. The molecule has 0 saturated heterocycles. The summed E-state index contributed by atoms with van der Waals surface area (Å²) in [6, 6.07) is 2.25. The van der Waals surface area contributed by atoms with E-state index < -0.39 is 0 Å². The van der Waals surface area contributed by atoms with Crippen LogP contribution in [0.2, 0.25) is 0 Å². The topological polar surface area (TPSA) is 51.0 Å². The third-order valence-electron chi connectivity index (χ3n) is 2.74. The van der Waals surface area contributed by atoms with Crippen LogP contribution in [0.25, 0.3) is 0 Å². The van der Waals surface area contributed by atoms with Crippen LogP contribution in [0.1, 0.15) is 27.9 Å². The van der Waals surface area contributed by atoms with Crippen molar-refractivity contribution < 1.29 is 4.42 Å². The van der Waals surface area contributed by atoms with Crippen molar-refractivity contribution in [3.05, 3.63) is 34.2 Å². The lowest BCUT2D eigenvalue weighted by atomic mass is 10.00. The van der Waals surface area contributed by atoms with Crippen LogP contribution in [0.5, 0.6) is 0 Å². The van der Waals surface area contributed by atoms with Crippen molar-refractivity contribution in [1.82, 2.24) is 14.9 Å². The van der Waals surface area contributed by atoms with Crippen LogP contribution in [-0.4, -0.2) is 16.1 Å². The number of hydrogen-bond donors (Lipinski definition) is 1. The molecule has 2 aromatic rings. The van der Waals surface area contributed by atoms with Gasteiger partial charge >= 0.3 is 0 Å². The average molecular weight is 221 g/mol. The van der Waals surface area contributed by atoms with Crippen LogP contribution >= 0.6 is 11.5 Å². The van der Waals surface area contributed by atoms with Crippen LogP contribution in [-0.2, 0) is 6.42 Å². The van der Waals surface area contributed by atoms with Crippen molar-refractivity contribution in [2.24, 2.45) is 0 Å². The van der Waals surface area contributed by atoms with Crippen molar-refractivity contribution in [1.29, 1.82) is 0 Å². The molecule has 0 aromatic carbocycles. The van der Waals surface area contributed by atoms with Crippen LogP contribution in [0.3, 0.4) is 0 Å². The molecule has 0 fully saturated rings. The number of nitrogens with one attached hydrogen (secondary N) is 1. The maximum Gasteiger partial charge on any atom is 0.110 e. The molecule has 1 aliphatic heterocycles. The summed E-state index contributed by atoms with van der Waals surface area (Å²) in [4.78, 5) is 1.19. The highest BCUT2D eigenvalue weighted by Gasteiger charge is 2.26. The summed E-state index contributed by atoms with van der Waals surface area (Å²) in [5.41, 5.74) is 2.24. The Morgan fingerprint density at radius 1 is 1.60 bits per heavy atom. The number of aromatic nitrogens is 2. The number of nitrogens with zero attached hydrogens (tertiary/aromatic N) is 2. The van der Waals surface area contributed by atoms with Gasteiger partial charge in [-0.25, -0.2) is 0 Å². The summed E-state index contributed by atoms with van der Waals surface area (Å²) in [5, 5.41) is 7.52. The van der Waals surface area contributed by atoms with E-state index in [4.69, 9.17) is 4.42 Å². The van der Waals surface area contributed by atoms with Gasteiger partial charge in [-0.05, 0) is 24.5 Å². The van der Waals surface area contributed by atoms with E-state index >= 15 is 0 Å². The smallest absolute Gasteiger partial charge is 0.110 e. The Kier molecular flexibility index (Phi) is 2.07. The monoisotopic (exact) mass is 221 g/mol. The zero-order valence-electron chi connectivity index (χ0n) is 8.36. The minimum atomic E-state index is 0.215. The SMILES string of the molecule is Cc1nnsc1C1NCCc2occc21. The van der Waals surface area contributed by atoms with E-state index in [1.165, 1.54) is 22.0 Å². The highest BCUT2D eigenvalue weighted by atomic mass is 32.1. The van der Waals surface area contributed by atoms with Gasteiger partial charge in [0.25, 0.3) is 0 Å². The Labute approximate surface area is 91.5 Å². The lowest BCUT2D eigenvalue weighted by Gasteiger charge is -2.21. The third kappa shape index (κ3) is 1.39. The van der Waals surface area contributed by atoms with Crippen LogP contribution in [0.15, 0.2) is 16.7 Å². The lowest BCUT2D eigenvalue weighted by Crippen LogP contribution is -2.29. The highest BCUT2D eigenvalue weighted by molar-refractivity contribution is 7.05. The maximum absolute atomic E-state index is 5.45. The molecule has 1 atom stereocenters. The van der Waals surface area contributed by atoms with Crippen molar-refractivity contribution in [2.75, 3.05) is 6.54 Å². The Morgan fingerprint density at radius 2 is 2.53 bits per heavy atom. The predicted molar refractivity (Wildman–Crippen MR) is 56.9 cm³/mol. The molecule has 1 aliphatic rings. The van der Waals surface area contributed by atoms with Crippen LogP contribution in [0.4, 0.5) is 0 Å². The summed E-state index contributed by atoms with van der Waals surface area (Å²) < 4.78 is 9.42. The normalized spacial score (nSPS) is 20.2. The molecule has 1 unspecified atom stereocenters. The fourth-order valence-corrected chi connectivity index (χ4v) is 2.73. The summed E-state index contributed by atoms with van der Waals surface area (Å²) >= 11 is 1.46. The summed E-state index contributed by atoms with van der Waals surface area (Å²) in [5.74, 6) is 1.09. The zero-order chi connectivity index (χ0) is 10.3. The highest BCUT2D eigenvalue weighted by Crippen LogP contribution is 2.32. The van der Waals surface area contributed by atoms with Gasteiger partial charge in [-0.3, -0.25) is 0 Å². The molecule has 0 amide bonds. The molecule has 78 valence electrons. The minimum Gasteiger partial charge on any atom is -0.469 e. The van der Waals surface area contributed by atoms with Gasteiger partial charge in [-0.2, -0.15) is 0 Å². The molecule has 5 heteroatoms. The molecule has 3 heterocycles. The summed E-state index contributed by atoms with van der Waals surface area (Å²) in [7, 11) is 0. The molecule has 2 aromatic heterocycles. The second kappa shape index (κ2) is 3.43. The van der Waals surface area contributed by atoms with Crippen molar-refractivity contribution in [2.45, 2.75) is 19.4 Å². The molecule has 0 spiro atoms. The molecule has 0 saturated carbocycles. The summed E-state index contributed by atoms with van der Waals surface area (Å²) in [6.45, 7) is 2.94. The van der Waals surface area contributed by atoms with Gasteiger partial charge in [0, 0.05) is 18.5 Å². The van der Waals surface area contributed by atoms with Crippen molar-refractivity contribution in [3.8, 4) is 0 Å².